The summed E-state index contributed by atoms with van der Waals surface area (Å²) in [5, 5.41) is 30.5. The van der Waals surface area contributed by atoms with Crippen LogP contribution < -0.4 is 0 Å². The number of fused-ring (bicyclic) bond motifs is 4. The Kier molecular flexibility index (Phi) is 7.64. The van der Waals surface area contributed by atoms with Gasteiger partial charge in [-0.05, 0) is 98.0 Å². The maximum Gasteiger partial charge on any atom is 0.309 e. The molecule has 49 heavy (non-hydrogen) atoms. The minimum Gasteiger partial charge on any atom is -0.481 e. The molecule has 0 atom stereocenters. The molecule has 4 aromatic carbocycles. The summed E-state index contributed by atoms with van der Waals surface area (Å²) in [4.78, 5) is 11.8. The molecule has 0 radical (unpaired) electrons. The first-order valence-corrected chi connectivity index (χ1v) is 17.1. The monoisotopic (exact) mass is 679 g/mol. The van der Waals surface area contributed by atoms with Crippen LogP contribution in [0.2, 0.25) is 0 Å². The van der Waals surface area contributed by atoms with Crippen molar-refractivity contribution in [1.82, 2.24) is 3.97 Å². The van der Waals surface area contributed by atoms with Crippen molar-refractivity contribution in [3.63, 3.8) is 0 Å². The van der Waals surface area contributed by atoms with E-state index in [9.17, 15) is 37.6 Å². The van der Waals surface area contributed by atoms with Gasteiger partial charge in [-0.25, -0.2) is 25.6 Å². The molecule has 0 unspecified atom stereocenters. The Bertz CT molecular complexity index is 2310. The van der Waals surface area contributed by atoms with Crippen LogP contribution in [-0.4, -0.2) is 23.5 Å². The fraction of sp³-hybridized carbons (Fsp3) is 0.237. The molecule has 7 nitrogen and oxygen atoms in total. The second kappa shape index (κ2) is 11.6. The molecule has 8 rings (SSSR count). The van der Waals surface area contributed by atoms with Crippen molar-refractivity contribution in [2.75, 3.05) is 0 Å². The number of rotatable bonds is 7. The van der Waals surface area contributed by atoms with E-state index in [1.54, 1.807) is 12.1 Å². The van der Waals surface area contributed by atoms with Crippen LogP contribution in [0, 0.1) is 33.9 Å². The number of hydrogen-bond donors (Lipinski definition) is 1. The summed E-state index contributed by atoms with van der Waals surface area (Å²) in [6, 6.07) is 23.8. The lowest BCUT2D eigenvalue weighted by Gasteiger charge is -2.51. The van der Waals surface area contributed by atoms with E-state index in [0.29, 0.717) is 44.1 Å². The van der Waals surface area contributed by atoms with Gasteiger partial charge in [0.2, 0.25) is 0 Å². The highest BCUT2D eigenvalue weighted by molar-refractivity contribution is 7.90. The summed E-state index contributed by atoms with van der Waals surface area (Å²) in [5.74, 6) is -1.46. The maximum atomic E-state index is 15.1. The van der Waals surface area contributed by atoms with Crippen LogP contribution in [0.4, 0.5) is 13.2 Å². The summed E-state index contributed by atoms with van der Waals surface area (Å²) in [5.41, 5.74) is 0.410. The maximum absolute atomic E-state index is 15.1. The number of aromatic nitrogens is 1. The summed E-state index contributed by atoms with van der Waals surface area (Å²) in [7, 11) is -4.58. The Labute approximate surface area is 280 Å². The lowest BCUT2D eigenvalue weighted by molar-refractivity contribution is -0.156. The number of carboxylic acids is 1. The highest BCUT2D eigenvalue weighted by atomic mass is 32.2. The van der Waals surface area contributed by atoms with Gasteiger partial charge in [0.25, 0.3) is 16.4 Å². The Balaban J connectivity index is 1.55. The van der Waals surface area contributed by atoms with Gasteiger partial charge >= 0.3 is 5.97 Å². The Morgan fingerprint density at radius 3 is 2.00 bits per heavy atom. The van der Waals surface area contributed by atoms with E-state index < -0.39 is 33.7 Å². The van der Waals surface area contributed by atoms with Gasteiger partial charge < -0.3 is 5.11 Å². The van der Waals surface area contributed by atoms with Crippen molar-refractivity contribution < 1.29 is 31.5 Å². The summed E-state index contributed by atoms with van der Waals surface area (Å²) < 4.78 is 72.3. The number of halogens is 3. The third-order valence-corrected chi connectivity index (χ3v) is 12.3. The van der Waals surface area contributed by atoms with Gasteiger partial charge in [-0.2, -0.15) is 10.5 Å². The van der Waals surface area contributed by atoms with Crippen molar-refractivity contribution in [1.29, 1.82) is 10.5 Å². The number of aliphatic carboxylic acids is 1. The van der Waals surface area contributed by atoms with Crippen LogP contribution in [0.5, 0.6) is 0 Å². The molecular weight excluding hydrogens is 651 g/mol. The predicted octanol–water partition coefficient (Wildman–Crippen LogP) is 8.71. The lowest BCUT2D eigenvalue weighted by Crippen LogP contribution is -2.47. The predicted molar refractivity (Wildman–Crippen MR) is 176 cm³/mol. The van der Waals surface area contributed by atoms with E-state index in [1.165, 1.54) is 24.3 Å². The second-order valence-corrected chi connectivity index (χ2v) is 14.7. The smallest absolute Gasteiger partial charge is 0.309 e. The molecule has 3 fully saturated rings. The minimum absolute atomic E-state index is 0.0612. The highest BCUT2D eigenvalue weighted by Gasteiger charge is 2.53. The minimum atomic E-state index is -4.58. The number of hydrogen-bond acceptors (Lipinski definition) is 5. The van der Waals surface area contributed by atoms with Crippen molar-refractivity contribution >= 4 is 26.9 Å². The van der Waals surface area contributed by atoms with Crippen molar-refractivity contribution in [2.24, 2.45) is 5.41 Å². The molecule has 0 amide bonds. The quantitative estimate of drug-likeness (QED) is 0.184. The number of carbonyl (C=O) groups is 1. The molecule has 3 saturated carbocycles. The van der Waals surface area contributed by atoms with Crippen molar-refractivity contribution in [2.45, 2.75) is 55.3 Å². The molecule has 3 aliphatic rings. The first-order chi connectivity index (χ1) is 23.4. The van der Waals surface area contributed by atoms with Crippen LogP contribution >= 0.6 is 0 Å². The molecular formula is C38H28F3N3O4S. The molecule has 0 spiro atoms. The summed E-state index contributed by atoms with van der Waals surface area (Å²) in [6.07, 6.45) is 0.630. The Morgan fingerprint density at radius 1 is 0.816 bits per heavy atom. The number of nitrogens with zero attached hydrogens (tertiary/aromatic N) is 3. The largest absolute Gasteiger partial charge is 0.481 e. The van der Waals surface area contributed by atoms with Gasteiger partial charge in [0.05, 0.1) is 44.8 Å². The van der Waals surface area contributed by atoms with Crippen LogP contribution in [0.3, 0.4) is 0 Å². The molecule has 3 aliphatic carbocycles. The van der Waals surface area contributed by atoms with Gasteiger partial charge in [-0.1, -0.05) is 36.4 Å². The SMILES string of the molecule is N#Cc1cccc(C#N)c1-c1c(-c2cccc(C34CCC(C(=O)O)(CC3)CC4)c2)n(S(=O)(=O)c2ccc(C(F)F)cc2)c2ccc(F)cc12. The normalized spacial score (nSPS) is 20.3. The van der Waals surface area contributed by atoms with E-state index in [-0.39, 0.29) is 54.7 Å². The lowest BCUT2D eigenvalue weighted by atomic mass is 9.52. The number of alkyl halides is 2. The third-order valence-electron chi connectivity index (χ3n) is 10.6. The van der Waals surface area contributed by atoms with Crippen LogP contribution in [0.25, 0.3) is 33.3 Å². The van der Waals surface area contributed by atoms with Gasteiger partial charge in [0.1, 0.15) is 5.82 Å². The standard InChI is InChI=1S/C38H28F3N3O4S/c39-28-9-12-31-30(20-28)33(32-25(21-42)4-1-5-26(32)22-43)34(44(31)49(47,48)29-10-7-23(8-11-29)35(40)41)24-3-2-6-27(19-24)37-13-16-38(17-14-37,18-15-37)36(45)46/h1-12,19-20,35H,13-18H2,(H,45,46). The molecule has 246 valence electrons. The van der Waals surface area contributed by atoms with Crippen LogP contribution in [-0.2, 0) is 20.2 Å². The fourth-order valence-corrected chi connectivity index (χ4v) is 9.38. The molecule has 1 N–H and O–H groups in total. The zero-order chi connectivity index (χ0) is 34.7. The molecule has 5 aromatic rings. The number of carboxylic acid groups (broad SMARTS) is 1. The van der Waals surface area contributed by atoms with Gasteiger partial charge in [0.15, 0.2) is 0 Å². The van der Waals surface area contributed by atoms with E-state index in [1.807, 2.05) is 12.1 Å². The summed E-state index contributed by atoms with van der Waals surface area (Å²) >= 11 is 0. The molecule has 0 saturated heterocycles. The average molecular weight is 680 g/mol. The van der Waals surface area contributed by atoms with Gasteiger partial charge in [0, 0.05) is 27.6 Å². The van der Waals surface area contributed by atoms with Crippen molar-refractivity contribution in [3.05, 3.63) is 113 Å². The van der Waals surface area contributed by atoms with E-state index in [2.05, 4.69) is 12.1 Å². The summed E-state index contributed by atoms with van der Waals surface area (Å²) in [6.45, 7) is 0. The first kappa shape index (κ1) is 32.2. The van der Waals surface area contributed by atoms with E-state index in [4.69, 9.17) is 0 Å². The van der Waals surface area contributed by atoms with Crippen LogP contribution in [0.15, 0.2) is 89.8 Å². The molecule has 0 aliphatic heterocycles. The Hall–Kier alpha value is -5.39. The Morgan fingerprint density at radius 2 is 1.43 bits per heavy atom. The molecule has 2 bridgehead atoms. The molecule has 11 heteroatoms. The van der Waals surface area contributed by atoms with Gasteiger partial charge in [-0.15, -0.1) is 0 Å². The highest BCUT2D eigenvalue weighted by Crippen LogP contribution is 2.58. The number of benzene rings is 4. The topological polar surface area (TPSA) is 124 Å². The average Bonchev–Trinajstić information content (AvgIpc) is 3.46. The van der Waals surface area contributed by atoms with Gasteiger partial charge in [-0.3, -0.25) is 4.79 Å². The molecule has 1 heterocycles. The second-order valence-electron chi connectivity index (χ2n) is 12.9. The third kappa shape index (κ3) is 4.99. The number of nitriles is 2. The van der Waals surface area contributed by atoms with Crippen molar-refractivity contribution in [3.8, 4) is 34.5 Å². The van der Waals surface area contributed by atoms with E-state index in [0.717, 1.165) is 45.9 Å². The fourth-order valence-electron chi connectivity index (χ4n) is 7.83. The van der Waals surface area contributed by atoms with E-state index >= 15 is 4.39 Å². The zero-order valence-electron chi connectivity index (χ0n) is 26.0. The zero-order valence-corrected chi connectivity index (χ0v) is 26.8. The molecule has 1 aromatic heterocycles. The van der Waals surface area contributed by atoms with Crippen LogP contribution in [0.1, 0.15) is 67.2 Å². The first-order valence-electron chi connectivity index (χ1n) is 15.7.